The van der Waals surface area contributed by atoms with Crippen molar-refractivity contribution in [2.75, 3.05) is 13.1 Å². The van der Waals surface area contributed by atoms with E-state index in [0.29, 0.717) is 6.04 Å². The van der Waals surface area contributed by atoms with Crippen LogP contribution in [0, 0.1) is 5.92 Å². The highest BCUT2D eigenvalue weighted by Gasteiger charge is 2.35. The van der Waals surface area contributed by atoms with Crippen molar-refractivity contribution in [1.29, 1.82) is 0 Å². The number of hydrogen-bond donors (Lipinski definition) is 1. The van der Waals surface area contributed by atoms with Crippen LogP contribution in [0.4, 0.5) is 0 Å². The number of rotatable bonds is 2. The van der Waals surface area contributed by atoms with Gasteiger partial charge in [0.25, 0.3) is 0 Å². The predicted molar refractivity (Wildman–Crippen MR) is 55.8 cm³/mol. The molecule has 3 unspecified atom stereocenters. The summed E-state index contributed by atoms with van der Waals surface area (Å²) in [5.41, 5.74) is 0. The molecule has 0 amide bonds. The van der Waals surface area contributed by atoms with E-state index < -0.39 is 0 Å². The number of nitrogens with zero attached hydrogens (tertiary/aromatic N) is 1. The van der Waals surface area contributed by atoms with Gasteiger partial charge in [0.2, 0.25) is 0 Å². The first-order valence-corrected chi connectivity index (χ1v) is 5.67. The maximum absolute atomic E-state index is 3.53. The van der Waals surface area contributed by atoms with Crippen molar-refractivity contribution in [3.8, 4) is 0 Å². The van der Waals surface area contributed by atoms with E-state index >= 15 is 0 Å². The van der Waals surface area contributed by atoms with Gasteiger partial charge in [0, 0.05) is 31.2 Å². The molecule has 1 aliphatic heterocycles. The smallest absolute Gasteiger partial charge is 0.0196 e. The fourth-order valence-corrected chi connectivity index (χ4v) is 2.47. The Morgan fingerprint density at radius 1 is 1.31 bits per heavy atom. The zero-order valence-corrected chi connectivity index (χ0v) is 9.09. The van der Waals surface area contributed by atoms with E-state index in [9.17, 15) is 0 Å². The van der Waals surface area contributed by atoms with E-state index in [1.807, 2.05) is 0 Å². The lowest BCUT2D eigenvalue weighted by atomic mass is 10.1. The van der Waals surface area contributed by atoms with Crippen molar-refractivity contribution in [3.63, 3.8) is 0 Å². The van der Waals surface area contributed by atoms with Crippen molar-refractivity contribution in [3.05, 3.63) is 0 Å². The summed E-state index contributed by atoms with van der Waals surface area (Å²) in [6.07, 6.45) is 2.93. The highest BCUT2D eigenvalue weighted by atomic mass is 15.3. The summed E-state index contributed by atoms with van der Waals surface area (Å²) in [4.78, 5) is 2.69. The molecule has 1 saturated heterocycles. The highest BCUT2D eigenvalue weighted by molar-refractivity contribution is 4.91. The van der Waals surface area contributed by atoms with Crippen molar-refractivity contribution < 1.29 is 0 Å². The maximum atomic E-state index is 3.53. The quantitative estimate of drug-likeness (QED) is 0.695. The lowest BCUT2D eigenvalue weighted by Crippen LogP contribution is -2.57. The minimum atomic E-state index is 0.678. The summed E-state index contributed by atoms with van der Waals surface area (Å²) in [5.74, 6) is 1.01. The van der Waals surface area contributed by atoms with Crippen molar-refractivity contribution in [1.82, 2.24) is 10.2 Å². The largest absolute Gasteiger partial charge is 0.311 e. The summed E-state index contributed by atoms with van der Waals surface area (Å²) in [5, 5.41) is 3.53. The van der Waals surface area contributed by atoms with Crippen LogP contribution in [0.15, 0.2) is 0 Å². The second kappa shape index (κ2) is 3.58. The number of piperazine rings is 1. The Morgan fingerprint density at radius 3 is 2.62 bits per heavy atom. The average molecular weight is 182 g/mol. The third-order valence-corrected chi connectivity index (χ3v) is 3.64. The van der Waals surface area contributed by atoms with E-state index in [-0.39, 0.29) is 0 Å². The predicted octanol–water partition coefficient (Wildman–Crippen LogP) is 1.47. The Morgan fingerprint density at radius 2 is 2.00 bits per heavy atom. The SMILES string of the molecule is CC1CN(C(C)C2CC2)C(C)CN1. The lowest BCUT2D eigenvalue weighted by Gasteiger charge is -2.41. The van der Waals surface area contributed by atoms with Crippen LogP contribution in [0.5, 0.6) is 0 Å². The van der Waals surface area contributed by atoms with Gasteiger partial charge in [0.15, 0.2) is 0 Å². The van der Waals surface area contributed by atoms with Gasteiger partial charge in [-0.05, 0) is 39.5 Å². The normalized spacial score (nSPS) is 39.0. The van der Waals surface area contributed by atoms with Gasteiger partial charge >= 0.3 is 0 Å². The summed E-state index contributed by atoms with van der Waals surface area (Å²) < 4.78 is 0. The zero-order valence-electron chi connectivity index (χ0n) is 9.09. The molecule has 2 fully saturated rings. The molecule has 0 spiro atoms. The maximum Gasteiger partial charge on any atom is 0.0196 e. The molecule has 1 saturated carbocycles. The molecule has 1 heterocycles. The van der Waals surface area contributed by atoms with E-state index in [1.54, 1.807) is 0 Å². The Bertz CT molecular complexity index is 177. The van der Waals surface area contributed by atoms with E-state index in [2.05, 4.69) is 31.0 Å². The number of nitrogens with one attached hydrogen (secondary N) is 1. The van der Waals surface area contributed by atoms with E-state index in [0.717, 1.165) is 24.5 Å². The fourth-order valence-electron chi connectivity index (χ4n) is 2.47. The topological polar surface area (TPSA) is 15.3 Å². The van der Waals surface area contributed by atoms with Crippen LogP contribution in [0.3, 0.4) is 0 Å². The molecule has 2 rings (SSSR count). The van der Waals surface area contributed by atoms with Crippen LogP contribution in [-0.2, 0) is 0 Å². The standard InChI is InChI=1S/C11H22N2/c1-8-7-13(9(2)6-12-8)10(3)11-4-5-11/h8-12H,4-7H2,1-3H3. The van der Waals surface area contributed by atoms with Crippen LogP contribution >= 0.6 is 0 Å². The monoisotopic (exact) mass is 182 g/mol. The first-order chi connectivity index (χ1) is 6.18. The van der Waals surface area contributed by atoms with Crippen molar-refractivity contribution in [2.45, 2.75) is 51.7 Å². The van der Waals surface area contributed by atoms with Crippen LogP contribution in [0.25, 0.3) is 0 Å². The summed E-state index contributed by atoms with van der Waals surface area (Å²) in [6, 6.07) is 2.23. The van der Waals surface area contributed by atoms with Crippen molar-refractivity contribution >= 4 is 0 Å². The molecule has 2 aliphatic rings. The first kappa shape index (κ1) is 9.47. The Labute approximate surface area is 81.7 Å². The molecule has 0 aromatic carbocycles. The van der Waals surface area contributed by atoms with E-state index in [1.165, 1.54) is 19.4 Å². The fraction of sp³-hybridized carbons (Fsp3) is 1.00. The van der Waals surface area contributed by atoms with Gasteiger partial charge in [-0.2, -0.15) is 0 Å². The molecule has 1 N–H and O–H groups in total. The molecule has 76 valence electrons. The minimum absolute atomic E-state index is 0.678. The summed E-state index contributed by atoms with van der Waals surface area (Å²) >= 11 is 0. The second-order valence-electron chi connectivity index (χ2n) is 4.93. The summed E-state index contributed by atoms with van der Waals surface area (Å²) in [6.45, 7) is 9.44. The van der Waals surface area contributed by atoms with Gasteiger partial charge in [0.1, 0.15) is 0 Å². The first-order valence-electron chi connectivity index (χ1n) is 5.67. The minimum Gasteiger partial charge on any atom is -0.311 e. The van der Waals surface area contributed by atoms with Gasteiger partial charge < -0.3 is 5.32 Å². The van der Waals surface area contributed by atoms with E-state index in [4.69, 9.17) is 0 Å². The lowest BCUT2D eigenvalue weighted by molar-refractivity contribution is 0.0923. The molecular formula is C11H22N2. The Hall–Kier alpha value is -0.0800. The second-order valence-corrected chi connectivity index (χ2v) is 4.93. The van der Waals surface area contributed by atoms with Crippen molar-refractivity contribution in [2.24, 2.45) is 5.92 Å². The molecule has 2 nitrogen and oxygen atoms in total. The van der Waals surface area contributed by atoms with Gasteiger partial charge in [0.05, 0.1) is 0 Å². The highest BCUT2D eigenvalue weighted by Crippen LogP contribution is 2.36. The van der Waals surface area contributed by atoms with Gasteiger partial charge in [-0.15, -0.1) is 0 Å². The average Bonchev–Trinajstić information content (AvgIpc) is 2.91. The molecule has 2 heteroatoms. The Kier molecular flexibility index (Phi) is 2.61. The van der Waals surface area contributed by atoms with Crippen LogP contribution in [0.2, 0.25) is 0 Å². The molecule has 3 atom stereocenters. The van der Waals surface area contributed by atoms with Crippen LogP contribution in [0.1, 0.15) is 33.6 Å². The van der Waals surface area contributed by atoms with Crippen LogP contribution in [-0.4, -0.2) is 36.1 Å². The Balaban J connectivity index is 1.93. The number of hydrogen-bond acceptors (Lipinski definition) is 2. The third kappa shape index (κ3) is 2.05. The van der Waals surface area contributed by atoms with Gasteiger partial charge in [-0.3, -0.25) is 4.90 Å². The van der Waals surface area contributed by atoms with Gasteiger partial charge in [-0.1, -0.05) is 0 Å². The summed E-state index contributed by atoms with van der Waals surface area (Å²) in [7, 11) is 0. The van der Waals surface area contributed by atoms with Gasteiger partial charge in [-0.25, -0.2) is 0 Å². The molecule has 0 bridgehead atoms. The third-order valence-electron chi connectivity index (χ3n) is 3.64. The molecule has 0 aromatic heterocycles. The molecular weight excluding hydrogens is 160 g/mol. The molecule has 1 aliphatic carbocycles. The molecule has 0 aromatic rings. The van der Waals surface area contributed by atoms with Crippen LogP contribution < -0.4 is 5.32 Å². The molecule has 13 heavy (non-hydrogen) atoms. The molecule has 0 radical (unpaired) electrons. The zero-order chi connectivity index (χ0) is 9.42.